The molecule has 5 heteroatoms. The fourth-order valence-corrected chi connectivity index (χ4v) is 3.65. The fourth-order valence-electron chi connectivity index (χ4n) is 2.54. The maximum atomic E-state index is 12.2. The summed E-state index contributed by atoms with van der Waals surface area (Å²) in [5.41, 5.74) is 0. The van der Waals surface area contributed by atoms with E-state index in [1.807, 2.05) is 16.7 Å². The lowest BCUT2D eigenvalue weighted by Gasteiger charge is -2.38. The minimum absolute atomic E-state index is 0.0859. The first-order valence-electron chi connectivity index (χ1n) is 6.75. The van der Waals surface area contributed by atoms with Crippen LogP contribution < -0.4 is 5.32 Å². The van der Waals surface area contributed by atoms with Gasteiger partial charge in [0.15, 0.2) is 0 Å². The topological polar surface area (TPSA) is 41.6 Å². The Labute approximate surface area is 114 Å². The highest BCUT2D eigenvalue weighted by Gasteiger charge is 2.31. The Kier molecular flexibility index (Phi) is 4.43. The maximum Gasteiger partial charge on any atom is 0.317 e. The molecule has 0 radical (unpaired) electrons. The second-order valence-corrected chi connectivity index (χ2v) is 7.69. The van der Waals surface area contributed by atoms with E-state index >= 15 is 0 Å². The summed E-state index contributed by atoms with van der Waals surface area (Å²) in [6.45, 7) is 9.78. The smallest absolute Gasteiger partial charge is 0.317 e. The number of amides is 2. The average Bonchev–Trinajstić information content (AvgIpc) is 2.80. The minimum Gasteiger partial charge on any atom is -0.381 e. The van der Waals surface area contributed by atoms with Crippen molar-refractivity contribution in [2.45, 2.75) is 38.0 Å². The zero-order valence-corrected chi connectivity index (χ0v) is 12.4. The predicted molar refractivity (Wildman–Crippen MR) is 75.0 cm³/mol. The molecular weight excluding hydrogens is 248 g/mol. The van der Waals surface area contributed by atoms with Crippen molar-refractivity contribution in [3.63, 3.8) is 0 Å². The Morgan fingerprint density at radius 3 is 2.94 bits per heavy atom. The number of nitrogens with zero attached hydrogens (tertiary/aromatic N) is 1. The summed E-state index contributed by atoms with van der Waals surface area (Å²) < 4.78 is 5.55. The Morgan fingerprint density at radius 1 is 1.56 bits per heavy atom. The highest BCUT2D eigenvalue weighted by molar-refractivity contribution is 8.00. The van der Waals surface area contributed by atoms with E-state index in [1.165, 1.54) is 0 Å². The van der Waals surface area contributed by atoms with E-state index in [-0.39, 0.29) is 16.8 Å². The van der Waals surface area contributed by atoms with Crippen LogP contribution in [0.4, 0.5) is 4.79 Å². The third-order valence-corrected chi connectivity index (χ3v) is 5.03. The van der Waals surface area contributed by atoms with Crippen molar-refractivity contribution >= 4 is 17.8 Å². The lowest BCUT2D eigenvalue weighted by molar-refractivity contribution is 0.170. The SMILES string of the molecule is C[C@@H](NC(=O)N1CCSC(C)(C)C1)[C@@H]1CCOC1. The largest absolute Gasteiger partial charge is 0.381 e. The predicted octanol–water partition coefficient (Wildman–Crippen LogP) is 1.95. The third-order valence-electron chi connectivity index (χ3n) is 3.74. The van der Waals surface area contributed by atoms with Gasteiger partial charge in [0, 0.05) is 42.2 Å². The molecule has 0 unspecified atom stereocenters. The fraction of sp³-hybridized carbons (Fsp3) is 0.923. The van der Waals surface area contributed by atoms with Gasteiger partial charge < -0.3 is 15.0 Å². The molecule has 2 aliphatic heterocycles. The maximum absolute atomic E-state index is 12.2. The highest BCUT2D eigenvalue weighted by atomic mass is 32.2. The number of hydrogen-bond acceptors (Lipinski definition) is 3. The Balaban J connectivity index is 1.83. The van der Waals surface area contributed by atoms with Gasteiger partial charge in [0.25, 0.3) is 0 Å². The number of ether oxygens (including phenoxy) is 1. The van der Waals surface area contributed by atoms with Crippen LogP contribution in [0.5, 0.6) is 0 Å². The number of carbonyl (C=O) groups excluding carboxylic acids is 1. The lowest BCUT2D eigenvalue weighted by atomic mass is 10.0. The van der Waals surface area contributed by atoms with Gasteiger partial charge in [0.2, 0.25) is 0 Å². The van der Waals surface area contributed by atoms with Gasteiger partial charge in [-0.2, -0.15) is 11.8 Å². The van der Waals surface area contributed by atoms with Crippen molar-refractivity contribution in [3.05, 3.63) is 0 Å². The minimum atomic E-state index is 0.0859. The Morgan fingerprint density at radius 2 is 2.33 bits per heavy atom. The molecule has 0 aromatic heterocycles. The molecule has 2 aliphatic rings. The van der Waals surface area contributed by atoms with E-state index < -0.39 is 0 Å². The van der Waals surface area contributed by atoms with Crippen molar-refractivity contribution < 1.29 is 9.53 Å². The molecule has 2 fully saturated rings. The standard InChI is InChI=1S/C13H24N2O2S/c1-10(11-4-6-17-8-11)14-12(16)15-5-7-18-13(2,3)9-15/h10-11H,4-9H2,1-3H3,(H,14,16)/t10-,11-/m1/s1. The number of carbonyl (C=O) groups is 1. The van der Waals surface area contributed by atoms with Crippen LogP contribution in [-0.2, 0) is 4.74 Å². The van der Waals surface area contributed by atoms with Gasteiger partial charge in [0.05, 0.1) is 6.61 Å². The van der Waals surface area contributed by atoms with Gasteiger partial charge in [-0.3, -0.25) is 0 Å². The molecule has 4 nitrogen and oxygen atoms in total. The molecular formula is C13H24N2O2S. The van der Waals surface area contributed by atoms with Gasteiger partial charge in [-0.15, -0.1) is 0 Å². The summed E-state index contributed by atoms with van der Waals surface area (Å²) in [5.74, 6) is 1.50. The van der Waals surface area contributed by atoms with Crippen LogP contribution in [0.25, 0.3) is 0 Å². The summed E-state index contributed by atoms with van der Waals surface area (Å²) in [4.78, 5) is 14.2. The van der Waals surface area contributed by atoms with Gasteiger partial charge in [-0.05, 0) is 27.2 Å². The monoisotopic (exact) mass is 272 g/mol. The van der Waals surface area contributed by atoms with Crippen LogP contribution in [0.15, 0.2) is 0 Å². The van der Waals surface area contributed by atoms with Gasteiger partial charge in [0.1, 0.15) is 0 Å². The molecule has 0 spiro atoms. The number of rotatable bonds is 2. The van der Waals surface area contributed by atoms with Crippen molar-refractivity contribution in [1.29, 1.82) is 0 Å². The normalized spacial score (nSPS) is 29.1. The molecule has 2 atom stereocenters. The van der Waals surface area contributed by atoms with E-state index in [0.717, 1.165) is 38.5 Å². The summed E-state index contributed by atoms with van der Waals surface area (Å²) in [7, 11) is 0. The summed E-state index contributed by atoms with van der Waals surface area (Å²) in [6.07, 6.45) is 1.06. The zero-order chi connectivity index (χ0) is 13.2. The Bertz CT molecular complexity index is 303. The van der Waals surface area contributed by atoms with Crippen LogP contribution in [0.3, 0.4) is 0 Å². The second-order valence-electron chi connectivity index (χ2n) is 5.89. The molecule has 104 valence electrons. The number of nitrogens with one attached hydrogen (secondary N) is 1. The first-order chi connectivity index (χ1) is 8.48. The van der Waals surface area contributed by atoms with Gasteiger partial charge >= 0.3 is 6.03 Å². The van der Waals surface area contributed by atoms with Gasteiger partial charge in [-0.1, -0.05) is 0 Å². The van der Waals surface area contributed by atoms with Crippen LogP contribution in [-0.4, -0.2) is 53.8 Å². The second kappa shape index (κ2) is 5.70. The summed E-state index contributed by atoms with van der Waals surface area (Å²) >= 11 is 1.94. The van der Waals surface area contributed by atoms with Crippen molar-refractivity contribution in [1.82, 2.24) is 10.2 Å². The number of thioether (sulfide) groups is 1. The molecule has 2 amide bonds. The molecule has 2 heterocycles. The van der Waals surface area contributed by atoms with Crippen LogP contribution in [0.2, 0.25) is 0 Å². The van der Waals surface area contributed by atoms with Crippen LogP contribution in [0.1, 0.15) is 27.2 Å². The summed E-state index contributed by atoms with van der Waals surface area (Å²) in [6, 6.07) is 0.292. The number of urea groups is 1. The first-order valence-corrected chi connectivity index (χ1v) is 7.74. The van der Waals surface area contributed by atoms with Crippen molar-refractivity contribution in [2.24, 2.45) is 5.92 Å². The van der Waals surface area contributed by atoms with Gasteiger partial charge in [-0.25, -0.2) is 4.79 Å². The van der Waals surface area contributed by atoms with E-state index in [0.29, 0.717) is 5.92 Å². The molecule has 0 saturated carbocycles. The van der Waals surface area contributed by atoms with E-state index in [9.17, 15) is 4.79 Å². The summed E-state index contributed by atoms with van der Waals surface area (Å²) in [5, 5.41) is 3.13. The molecule has 1 N–H and O–H groups in total. The zero-order valence-electron chi connectivity index (χ0n) is 11.6. The third kappa shape index (κ3) is 3.54. The number of hydrogen-bond donors (Lipinski definition) is 1. The molecule has 2 saturated heterocycles. The van der Waals surface area contributed by atoms with Crippen molar-refractivity contribution in [3.8, 4) is 0 Å². The average molecular weight is 272 g/mol. The lowest BCUT2D eigenvalue weighted by Crippen LogP contribution is -2.52. The van der Waals surface area contributed by atoms with Crippen LogP contribution >= 0.6 is 11.8 Å². The quantitative estimate of drug-likeness (QED) is 0.835. The van der Waals surface area contributed by atoms with E-state index in [4.69, 9.17) is 4.74 Å². The molecule has 0 bridgehead atoms. The molecule has 0 aromatic rings. The first kappa shape index (κ1) is 14.0. The highest BCUT2D eigenvalue weighted by Crippen LogP contribution is 2.29. The van der Waals surface area contributed by atoms with Crippen molar-refractivity contribution in [2.75, 3.05) is 32.1 Å². The Hall–Kier alpha value is -0.420. The molecule has 0 aliphatic carbocycles. The van der Waals surface area contributed by atoms with Crippen LogP contribution in [0, 0.1) is 5.92 Å². The van der Waals surface area contributed by atoms with E-state index in [1.54, 1.807) is 0 Å². The molecule has 0 aromatic carbocycles. The van der Waals surface area contributed by atoms with E-state index in [2.05, 4.69) is 26.1 Å². The molecule has 2 rings (SSSR count). The molecule has 18 heavy (non-hydrogen) atoms.